The summed E-state index contributed by atoms with van der Waals surface area (Å²) < 4.78 is 0. The molecule has 0 saturated carbocycles. The van der Waals surface area contributed by atoms with Crippen molar-refractivity contribution in [3.63, 3.8) is 0 Å². The normalized spacial score (nSPS) is 17.5. The van der Waals surface area contributed by atoms with Gasteiger partial charge in [0.2, 0.25) is 0 Å². The van der Waals surface area contributed by atoms with Crippen LogP contribution in [0.25, 0.3) is 0 Å². The molecule has 0 unspecified atom stereocenters. The summed E-state index contributed by atoms with van der Waals surface area (Å²) in [5, 5.41) is 0. The second kappa shape index (κ2) is 5.81. The first-order chi connectivity index (χ1) is 8.79. The molecule has 0 aliphatic carbocycles. The van der Waals surface area contributed by atoms with Gasteiger partial charge >= 0.3 is 0 Å². The number of nitrogens with zero attached hydrogens (tertiary/aromatic N) is 3. The summed E-state index contributed by atoms with van der Waals surface area (Å²) in [5.41, 5.74) is 8.64. The van der Waals surface area contributed by atoms with Crippen LogP contribution in [0.2, 0.25) is 0 Å². The minimum Gasteiger partial charge on any atom is -0.369 e. The van der Waals surface area contributed by atoms with Crippen molar-refractivity contribution in [2.75, 3.05) is 24.5 Å². The van der Waals surface area contributed by atoms with Crippen molar-refractivity contribution in [3.8, 4) is 0 Å². The van der Waals surface area contributed by atoms with Gasteiger partial charge in [0.25, 0.3) is 0 Å². The van der Waals surface area contributed by atoms with Gasteiger partial charge in [-0.15, -0.1) is 24.0 Å². The number of anilines is 1. The molecular formula is C14H19IN4. The Morgan fingerprint density at radius 1 is 1.32 bits per heavy atom. The first-order valence-corrected chi connectivity index (χ1v) is 6.44. The molecule has 102 valence electrons. The maximum Gasteiger partial charge on any atom is 0.198 e. The maximum atomic E-state index is 5.98. The van der Waals surface area contributed by atoms with Gasteiger partial charge in [-0.2, -0.15) is 4.99 Å². The maximum absolute atomic E-state index is 5.98. The van der Waals surface area contributed by atoms with E-state index in [2.05, 4.69) is 52.1 Å². The first kappa shape index (κ1) is 14.2. The van der Waals surface area contributed by atoms with Crippen molar-refractivity contribution < 1.29 is 0 Å². The van der Waals surface area contributed by atoms with E-state index in [-0.39, 0.29) is 24.0 Å². The van der Waals surface area contributed by atoms with Crippen LogP contribution in [-0.4, -0.2) is 30.5 Å². The molecule has 0 atom stereocenters. The lowest BCUT2D eigenvalue weighted by Gasteiger charge is -2.28. The van der Waals surface area contributed by atoms with Gasteiger partial charge in [0.1, 0.15) is 5.82 Å². The summed E-state index contributed by atoms with van der Waals surface area (Å²) in [6.07, 6.45) is 3.24. The lowest BCUT2D eigenvalue weighted by molar-refractivity contribution is 0.472. The molecular weight excluding hydrogens is 351 g/mol. The number of aliphatic imine (C=N–C) groups is 1. The van der Waals surface area contributed by atoms with Gasteiger partial charge in [-0.1, -0.05) is 18.2 Å². The number of hydrogen-bond acceptors (Lipinski definition) is 4. The largest absolute Gasteiger partial charge is 0.369 e. The van der Waals surface area contributed by atoms with Crippen LogP contribution in [-0.2, 0) is 6.42 Å². The molecule has 3 rings (SSSR count). The zero-order valence-corrected chi connectivity index (χ0v) is 13.4. The fourth-order valence-corrected chi connectivity index (χ4v) is 2.56. The van der Waals surface area contributed by atoms with E-state index >= 15 is 0 Å². The number of rotatable bonds is 2. The van der Waals surface area contributed by atoms with Crippen LogP contribution in [0.3, 0.4) is 0 Å². The fraction of sp³-hybridized carbons (Fsp3) is 0.357. The van der Waals surface area contributed by atoms with Gasteiger partial charge in [-0.3, -0.25) is 0 Å². The topological polar surface area (TPSA) is 44.9 Å². The zero-order valence-electron chi connectivity index (χ0n) is 11.0. The van der Waals surface area contributed by atoms with Crippen LogP contribution in [0.5, 0.6) is 0 Å². The van der Waals surface area contributed by atoms with E-state index in [9.17, 15) is 0 Å². The molecule has 1 aromatic rings. The fourth-order valence-electron chi connectivity index (χ4n) is 2.56. The standard InChI is InChI=1S/C14H18N4.HI/c1-2-17-9-8-13(16-14(17)15)18-10-7-11-5-3-4-6-12(11)18;/h3-6,8H,2,7,9-10H2,1H3,(H2,15,16);1H. The lowest BCUT2D eigenvalue weighted by atomic mass is 10.2. The highest BCUT2D eigenvalue weighted by Crippen LogP contribution is 2.31. The van der Waals surface area contributed by atoms with Crippen molar-refractivity contribution in [1.29, 1.82) is 0 Å². The van der Waals surface area contributed by atoms with Crippen LogP contribution >= 0.6 is 24.0 Å². The van der Waals surface area contributed by atoms with Crippen LogP contribution in [0.15, 0.2) is 41.2 Å². The average Bonchev–Trinajstić information content (AvgIpc) is 2.82. The molecule has 0 spiro atoms. The van der Waals surface area contributed by atoms with E-state index in [1.165, 1.54) is 11.3 Å². The summed E-state index contributed by atoms with van der Waals surface area (Å²) in [6.45, 7) is 4.83. The molecule has 1 aromatic carbocycles. The Balaban J connectivity index is 0.00000133. The highest BCUT2D eigenvalue weighted by Gasteiger charge is 2.23. The van der Waals surface area contributed by atoms with Gasteiger partial charge in [0, 0.05) is 25.3 Å². The summed E-state index contributed by atoms with van der Waals surface area (Å²) in [4.78, 5) is 8.84. The van der Waals surface area contributed by atoms with Crippen LogP contribution in [0.1, 0.15) is 12.5 Å². The van der Waals surface area contributed by atoms with E-state index in [0.717, 1.165) is 31.9 Å². The van der Waals surface area contributed by atoms with Crippen molar-refractivity contribution in [3.05, 3.63) is 41.7 Å². The highest BCUT2D eigenvalue weighted by molar-refractivity contribution is 14.0. The Kier molecular flexibility index (Phi) is 4.34. The monoisotopic (exact) mass is 370 g/mol. The van der Waals surface area contributed by atoms with Crippen LogP contribution < -0.4 is 10.6 Å². The van der Waals surface area contributed by atoms with Gasteiger partial charge in [0.15, 0.2) is 5.96 Å². The summed E-state index contributed by atoms with van der Waals surface area (Å²) in [5.74, 6) is 1.61. The number of fused-ring (bicyclic) bond motifs is 1. The molecule has 2 aliphatic heterocycles. The molecule has 2 N–H and O–H groups in total. The average molecular weight is 370 g/mol. The quantitative estimate of drug-likeness (QED) is 0.812. The van der Waals surface area contributed by atoms with Crippen molar-refractivity contribution in [2.45, 2.75) is 13.3 Å². The number of guanidine groups is 1. The van der Waals surface area contributed by atoms with E-state index in [1.54, 1.807) is 0 Å². The predicted octanol–water partition coefficient (Wildman–Crippen LogP) is 2.16. The molecule has 19 heavy (non-hydrogen) atoms. The van der Waals surface area contributed by atoms with Crippen molar-refractivity contribution in [2.24, 2.45) is 10.7 Å². The number of benzene rings is 1. The predicted molar refractivity (Wildman–Crippen MR) is 89.9 cm³/mol. The smallest absolute Gasteiger partial charge is 0.198 e. The molecule has 2 heterocycles. The molecule has 0 aromatic heterocycles. The van der Waals surface area contributed by atoms with E-state index in [0.29, 0.717) is 5.96 Å². The number of halogens is 1. The third-order valence-corrected chi connectivity index (χ3v) is 3.59. The van der Waals surface area contributed by atoms with Gasteiger partial charge in [-0.05, 0) is 31.1 Å². The molecule has 5 heteroatoms. The van der Waals surface area contributed by atoms with E-state index in [1.807, 2.05) is 0 Å². The Morgan fingerprint density at radius 3 is 2.84 bits per heavy atom. The Hall–Kier alpha value is -1.24. The molecule has 0 radical (unpaired) electrons. The highest BCUT2D eigenvalue weighted by atomic mass is 127. The minimum atomic E-state index is 0. The van der Waals surface area contributed by atoms with E-state index < -0.39 is 0 Å². The second-order valence-corrected chi connectivity index (χ2v) is 4.60. The number of para-hydroxylation sites is 1. The number of likely N-dealkylation sites (N-methyl/N-ethyl adjacent to an activating group) is 1. The molecule has 0 amide bonds. The Morgan fingerprint density at radius 2 is 2.11 bits per heavy atom. The van der Waals surface area contributed by atoms with Crippen molar-refractivity contribution in [1.82, 2.24) is 4.90 Å². The molecule has 0 saturated heterocycles. The molecule has 0 bridgehead atoms. The number of nitrogens with two attached hydrogens (primary N) is 1. The SMILES string of the molecule is CCN1CC=C(N2CCc3ccccc32)N=C1N.I. The first-order valence-electron chi connectivity index (χ1n) is 6.44. The lowest BCUT2D eigenvalue weighted by Crippen LogP contribution is -2.41. The third-order valence-electron chi connectivity index (χ3n) is 3.59. The summed E-state index contributed by atoms with van der Waals surface area (Å²) in [6, 6.07) is 8.51. The minimum absolute atomic E-state index is 0. The van der Waals surface area contributed by atoms with Gasteiger partial charge in [0.05, 0.1) is 0 Å². The number of hydrogen-bond donors (Lipinski definition) is 1. The van der Waals surface area contributed by atoms with Crippen molar-refractivity contribution >= 4 is 35.6 Å². The molecule has 2 aliphatic rings. The van der Waals surface area contributed by atoms with Gasteiger partial charge < -0.3 is 15.5 Å². The van der Waals surface area contributed by atoms with Gasteiger partial charge in [-0.25, -0.2) is 0 Å². The van der Waals surface area contributed by atoms with Crippen LogP contribution in [0, 0.1) is 0 Å². The third kappa shape index (κ3) is 2.56. The summed E-state index contributed by atoms with van der Waals surface area (Å²) in [7, 11) is 0. The molecule has 0 fully saturated rings. The second-order valence-electron chi connectivity index (χ2n) is 4.60. The Bertz CT molecular complexity index is 524. The molecule has 4 nitrogen and oxygen atoms in total. The zero-order chi connectivity index (χ0) is 12.5. The van der Waals surface area contributed by atoms with E-state index in [4.69, 9.17) is 5.73 Å². The van der Waals surface area contributed by atoms with Crippen LogP contribution in [0.4, 0.5) is 5.69 Å². The summed E-state index contributed by atoms with van der Waals surface area (Å²) >= 11 is 0. The Labute approximate surface area is 131 Å².